The van der Waals surface area contributed by atoms with Gasteiger partial charge in [0.05, 0.1) is 6.54 Å². The number of anilines is 1. The summed E-state index contributed by atoms with van der Waals surface area (Å²) in [5, 5.41) is 0.578. The van der Waals surface area contributed by atoms with Crippen LogP contribution in [0, 0.1) is 0 Å². The van der Waals surface area contributed by atoms with E-state index < -0.39 is 0 Å². The van der Waals surface area contributed by atoms with E-state index in [-0.39, 0.29) is 12.5 Å². The van der Waals surface area contributed by atoms with Gasteiger partial charge in [0.2, 0.25) is 5.91 Å². The molecule has 1 aromatic rings. The zero-order valence-corrected chi connectivity index (χ0v) is 10.8. The highest BCUT2D eigenvalue weighted by molar-refractivity contribution is 7.99. The van der Waals surface area contributed by atoms with Crippen molar-refractivity contribution in [1.82, 2.24) is 0 Å². The molecule has 0 aliphatic rings. The van der Waals surface area contributed by atoms with E-state index in [1.165, 1.54) is 4.90 Å². The number of benzene rings is 1. The molecule has 0 bridgehead atoms. The predicted molar refractivity (Wildman–Crippen MR) is 69.9 cm³/mol. The molecule has 0 saturated carbocycles. The van der Waals surface area contributed by atoms with Gasteiger partial charge in [0.1, 0.15) is 0 Å². The first-order chi connectivity index (χ1) is 7.49. The molecule has 0 radical (unpaired) electrons. The molecule has 0 fully saturated rings. The number of thioether (sulfide) groups is 1. The summed E-state index contributed by atoms with van der Waals surface area (Å²) in [5.41, 5.74) is 6.15. The molecule has 1 rings (SSSR count). The molecule has 0 aliphatic carbocycles. The molecule has 3 nitrogen and oxygen atoms in total. The highest BCUT2D eigenvalue weighted by atomic mass is 32.2. The van der Waals surface area contributed by atoms with E-state index in [0.717, 1.165) is 5.69 Å². The molecule has 0 heterocycles. The molecular formula is C12H18N2OS. The van der Waals surface area contributed by atoms with Crippen molar-refractivity contribution in [3.63, 3.8) is 0 Å². The number of amides is 1. The van der Waals surface area contributed by atoms with E-state index in [2.05, 4.69) is 26.0 Å². The largest absolute Gasteiger partial charge is 0.368 e. The van der Waals surface area contributed by atoms with E-state index in [1.807, 2.05) is 35.8 Å². The molecule has 16 heavy (non-hydrogen) atoms. The fourth-order valence-corrected chi connectivity index (χ4v) is 2.21. The standard InChI is InChI=1S/C12H18N2OS/c1-9(2)16-11-6-4-10(5-7-11)14(3)8-12(13)15/h4-7,9H,8H2,1-3H3,(H2,13,15). The van der Waals surface area contributed by atoms with Crippen LogP contribution < -0.4 is 10.6 Å². The van der Waals surface area contributed by atoms with Crippen molar-refractivity contribution in [2.75, 3.05) is 18.5 Å². The first kappa shape index (κ1) is 12.9. The maximum Gasteiger partial charge on any atom is 0.236 e. The third-order valence-corrected chi connectivity index (χ3v) is 3.06. The Kier molecular flexibility index (Phi) is 4.68. The Morgan fingerprint density at radius 1 is 1.38 bits per heavy atom. The molecule has 0 spiro atoms. The van der Waals surface area contributed by atoms with Gasteiger partial charge in [-0.15, -0.1) is 11.8 Å². The van der Waals surface area contributed by atoms with Gasteiger partial charge in [0, 0.05) is 22.9 Å². The second-order valence-electron chi connectivity index (χ2n) is 3.98. The summed E-state index contributed by atoms with van der Waals surface area (Å²) in [4.78, 5) is 13.9. The van der Waals surface area contributed by atoms with Gasteiger partial charge in [-0.3, -0.25) is 4.79 Å². The summed E-state index contributed by atoms with van der Waals surface area (Å²) in [7, 11) is 1.86. The SMILES string of the molecule is CC(C)Sc1ccc(N(C)CC(N)=O)cc1. The smallest absolute Gasteiger partial charge is 0.236 e. The average Bonchev–Trinajstić information content (AvgIpc) is 2.16. The van der Waals surface area contributed by atoms with E-state index in [4.69, 9.17) is 5.73 Å². The van der Waals surface area contributed by atoms with E-state index in [1.54, 1.807) is 0 Å². The fourth-order valence-electron chi connectivity index (χ4n) is 1.38. The monoisotopic (exact) mass is 238 g/mol. The van der Waals surface area contributed by atoms with Crippen LogP contribution in [0.25, 0.3) is 0 Å². The number of carbonyl (C=O) groups excluding carboxylic acids is 1. The number of primary amides is 1. The Bertz CT molecular complexity index is 349. The van der Waals surface area contributed by atoms with Crippen LogP contribution in [0.3, 0.4) is 0 Å². The number of likely N-dealkylation sites (N-methyl/N-ethyl adjacent to an activating group) is 1. The van der Waals surface area contributed by atoms with Crippen LogP contribution in [-0.2, 0) is 4.79 Å². The second-order valence-corrected chi connectivity index (χ2v) is 5.63. The fraction of sp³-hybridized carbons (Fsp3) is 0.417. The van der Waals surface area contributed by atoms with Gasteiger partial charge >= 0.3 is 0 Å². The van der Waals surface area contributed by atoms with Gasteiger partial charge in [-0.1, -0.05) is 13.8 Å². The third kappa shape index (κ3) is 4.14. The number of nitrogens with two attached hydrogens (primary N) is 1. The molecule has 0 saturated heterocycles. The molecule has 0 atom stereocenters. The van der Waals surface area contributed by atoms with Crippen LogP contribution in [0.4, 0.5) is 5.69 Å². The molecule has 4 heteroatoms. The quantitative estimate of drug-likeness (QED) is 0.799. The van der Waals surface area contributed by atoms with Gasteiger partial charge in [-0.2, -0.15) is 0 Å². The lowest BCUT2D eigenvalue weighted by Crippen LogP contribution is -2.30. The van der Waals surface area contributed by atoms with Gasteiger partial charge < -0.3 is 10.6 Å². The van der Waals surface area contributed by atoms with Crippen molar-refractivity contribution in [1.29, 1.82) is 0 Å². The Labute approximate surface area is 101 Å². The molecule has 88 valence electrons. The van der Waals surface area contributed by atoms with Gasteiger partial charge in [0.25, 0.3) is 0 Å². The zero-order chi connectivity index (χ0) is 12.1. The normalized spacial score (nSPS) is 10.5. The highest BCUT2D eigenvalue weighted by Gasteiger charge is 2.04. The number of hydrogen-bond acceptors (Lipinski definition) is 3. The van der Waals surface area contributed by atoms with Crippen molar-refractivity contribution in [3.05, 3.63) is 24.3 Å². The van der Waals surface area contributed by atoms with E-state index >= 15 is 0 Å². The lowest BCUT2D eigenvalue weighted by Gasteiger charge is -2.17. The summed E-state index contributed by atoms with van der Waals surface area (Å²) in [6.45, 7) is 4.58. The summed E-state index contributed by atoms with van der Waals surface area (Å²) in [5.74, 6) is -0.317. The molecular weight excluding hydrogens is 220 g/mol. The topological polar surface area (TPSA) is 46.3 Å². The first-order valence-corrected chi connectivity index (χ1v) is 6.13. The number of hydrogen-bond donors (Lipinski definition) is 1. The van der Waals surface area contributed by atoms with Crippen molar-refractivity contribution >= 4 is 23.4 Å². The Hall–Kier alpha value is -1.16. The molecule has 0 aromatic heterocycles. The lowest BCUT2D eigenvalue weighted by molar-refractivity contribution is -0.116. The second kappa shape index (κ2) is 5.80. The molecule has 1 aromatic carbocycles. The first-order valence-electron chi connectivity index (χ1n) is 5.25. The minimum Gasteiger partial charge on any atom is -0.368 e. The zero-order valence-electron chi connectivity index (χ0n) is 9.93. The van der Waals surface area contributed by atoms with Crippen LogP contribution >= 0.6 is 11.8 Å². The minimum atomic E-state index is -0.317. The van der Waals surface area contributed by atoms with Crippen molar-refractivity contribution in [2.45, 2.75) is 24.0 Å². The van der Waals surface area contributed by atoms with Crippen molar-refractivity contribution in [3.8, 4) is 0 Å². The Balaban J connectivity index is 2.66. The van der Waals surface area contributed by atoms with Crippen molar-refractivity contribution < 1.29 is 4.79 Å². The maximum absolute atomic E-state index is 10.8. The number of rotatable bonds is 5. The third-order valence-electron chi connectivity index (χ3n) is 2.04. The van der Waals surface area contributed by atoms with E-state index in [0.29, 0.717) is 5.25 Å². The van der Waals surface area contributed by atoms with Crippen LogP contribution in [-0.4, -0.2) is 24.7 Å². The summed E-state index contributed by atoms with van der Waals surface area (Å²) >= 11 is 1.82. The van der Waals surface area contributed by atoms with Crippen LogP contribution in [0.5, 0.6) is 0 Å². The van der Waals surface area contributed by atoms with Crippen LogP contribution in [0.2, 0.25) is 0 Å². The minimum absolute atomic E-state index is 0.247. The Morgan fingerprint density at radius 3 is 2.38 bits per heavy atom. The number of carbonyl (C=O) groups is 1. The van der Waals surface area contributed by atoms with Gasteiger partial charge in [-0.25, -0.2) is 0 Å². The van der Waals surface area contributed by atoms with E-state index in [9.17, 15) is 4.79 Å². The summed E-state index contributed by atoms with van der Waals surface area (Å²) < 4.78 is 0. The highest BCUT2D eigenvalue weighted by Crippen LogP contribution is 2.24. The maximum atomic E-state index is 10.8. The molecule has 1 amide bonds. The molecule has 2 N–H and O–H groups in total. The van der Waals surface area contributed by atoms with Crippen LogP contribution in [0.15, 0.2) is 29.2 Å². The van der Waals surface area contributed by atoms with Crippen LogP contribution in [0.1, 0.15) is 13.8 Å². The summed E-state index contributed by atoms with van der Waals surface area (Å²) in [6.07, 6.45) is 0. The average molecular weight is 238 g/mol. The van der Waals surface area contributed by atoms with Gasteiger partial charge in [0.15, 0.2) is 0 Å². The Morgan fingerprint density at radius 2 is 1.94 bits per heavy atom. The summed E-state index contributed by atoms with van der Waals surface area (Å²) in [6, 6.07) is 8.15. The number of nitrogens with zero attached hydrogens (tertiary/aromatic N) is 1. The predicted octanol–water partition coefficient (Wildman–Crippen LogP) is 2.11. The lowest BCUT2D eigenvalue weighted by atomic mass is 10.3. The van der Waals surface area contributed by atoms with Gasteiger partial charge in [-0.05, 0) is 24.3 Å². The van der Waals surface area contributed by atoms with Crippen molar-refractivity contribution in [2.24, 2.45) is 5.73 Å². The molecule has 0 aliphatic heterocycles. The molecule has 0 unspecified atom stereocenters.